The van der Waals surface area contributed by atoms with E-state index in [1.807, 2.05) is 26.0 Å². The van der Waals surface area contributed by atoms with Gasteiger partial charge in [0.1, 0.15) is 17.7 Å². The van der Waals surface area contributed by atoms with Gasteiger partial charge < -0.3 is 10.1 Å². The van der Waals surface area contributed by atoms with Gasteiger partial charge in [0.05, 0.1) is 6.20 Å². The standard InChI is InChI=1S/C15H15N5O2/c1-9-4-5-13(16-6-9)19-15-14-10(2)12(22-11(3)21)7-20(14)18-8-17-15/h4-8H,1-3H3,(H,16,17,18,19). The second-order valence-electron chi connectivity index (χ2n) is 4.96. The Morgan fingerprint density at radius 1 is 1.27 bits per heavy atom. The Morgan fingerprint density at radius 2 is 2.09 bits per heavy atom. The Hall–Kier alpha value is -2.96. The molecule has 0 spiro atoms. The maximum Gasteiger partial charge on any atom is 0.308 e. The van der Waals surface area contributed by atoms with Crippen molar-refractivity contribution in [3.05, 3.63) is 42.0 Å². The maximum absolute atomic E-state index is 11.2. The van der Waals surface area contributed by atoms with Crippen molar-refractivity contribution < 1.29 is 9.53 Å². The zero-order chi connectivity index (χ0) is 15.7. The van der Waals surface area contributed by atoms with Gasteiger partial charge in [-0.05, 0) is 25.5 Å². The summed E-state index contributed by atoms with van der Waals surface area (Å²) in [7, 11) is 0. The third kappa shape index (κ3) is 2.60. The van der Waals surface area contributed by atoms with Gasteiger partial charge in [-0.15, -0.1) is 0 Å². The van der Waals surface area contributed by atoms with Crippen LogP contribution in [0.1, 0.15) is 18.1 Å². The van der Waals surface area contributed by atoms with Crippen molar-refractivity contribution in [1.29, 1.82) is 0 Å². The average Bonchev–Trinajstić information content (AvgIpc) is 2.78. The molecule has 0 aliphatic heterocycles. The van der Waals surface area contributed by atoms with E-state index in [4.69, 9.17) is 4.74 Å². The van der Waals surface area contributed by atoms with Crippen LogP contribution in [0.25, 0.3) is 5.52 Å². The molecule has 0 aliphatic carbocycles. The fourth-order valence-electron chi connectivity index (χ4n) is 2.15. The van der Waals surface area contributed by atoms with Crippen molar-refractivity contribution in [2.75, 3.05) is 5.32 Å². The van der Waals surface area contributed by atoms with E-state index < -0.39 is 0 Å². The zero-order valence-electron chi connectivity index (χ0n) is 12.5. The van der Waals surface area contributed by atoms with E-state index >= 15 is 0 Å². The molecule has 3 aromatic heterocycles. The lowest BCUT2D eigenvalue weighted by Crippen LogP contribution is -2.01. The lowest BCUT2D eigenvalue weighted by atomic mass is 10.3. The van der Waals surface area contributed by atoms with Crippen LogP contribution >= 0.6 is 0 Å². The van der Waals surface area contributed by atoms with Gasteiger partial charge in [-0.3, -0.25) is 4.79 Å². The van der Waals surface area contributed by atoms with Crippen LogP contribution in [0.2, 0.25) is 0 Å². The van der Waals surface area contributed by atoms with Crippen LogP contribution in [-0.4, -0.2) is 25.6 Å². The first-order chi connectivity index (χ1) is 10.5. The van der Waals surface area contributed by atoms with Gasteiger partial charge in [0.15, 0.2) is 11.6 Å². The van der Waals surface area contributed by atoms with Gasteiger partial charge in [-0.25, -0.2) is 14.5 Å². The first kappa shape index (κ1) is 14.0. The normalized spacial score (nSPS) is 10.7. The molecule has 0 aromatic carbocycles. The number of aromatic nitrogens is 4. The number of anilines is 2. The SMILES string of the molecule is CC(=O)Oc1cn2ncnc(Nc3ccc(C)cn3)c2c1C. The topological polar surface area (TPSA) is 81.4 Å². The Morgan fingerprint density at radius 3 is 2.77 bits per heavy atom. The highest BCUT2D eigenvalue weighted by atomic mass is 16.5. The highest BCUT2D eigenvalue weighted by Gasteiger charge is 2.15. The predicted octanol–water partition coefficient (Wildman–Crippen LogP) is 2.41. The van der Waals surface area contributed by atoms with Crippen molar-refractivity contribution in [2.24, 2.45) is 0 Å². The van der Waals surface area contributed by atoms with Crippen molar-refractivity contribution in [3.8, 4) is 5.75 Å². The zero-order valence-corrected chi connectivity index (χ0v) is 12.5. The highest BCUT2D eigenvalue weighted by molar-refractivity contribution is 5.79. The van der Waals surface area contributed by atoms with E-state index in [2.05, 4.69) is 20.4 Å². The van der Waals surface area contributed by atoms with Crippen LogP contribution < -0.4 is 10.1 Å². The molecule has 7 nitrogen and oxygen atoms in total. The van der Waals surface area contributed by atoms with Gasteiger partial charge in [0.2, 0.25) is 0 Å². The second kappa shape index (κ2) is 5.44. The van der Waals surface area contributed by atoms with Crippen molar-refractivity contribution in [3.63, 3.8) is 0 Å². The van der Waals surface area contributed by atoms with Crippen molar-refractivity contribution in [2.45, 2.75) is 20.8 Å². The Kier molecular flexibility index (Phi) is 3.46. The summed E-state index contributed by atoms with van der Waals surface area (Å²) in [6.45, 7) is 5.19. The third-order valence-corrected chi connectivity index (χ3v) is 3.19. The molecule has 0 atom stereocenters. The van der Waals surface area contributed by atoms with Gasteiger partial charge in [-0.1, -0.05) is 6.07 Å². The van der Waals surface area contributed by atoms with Crippen LogP contribution in [0.3, 0.4) is 0 Å². The molecule has 3 rings (SSSR count). The van der Waals surface area contributed by atoms with Crippen LogP contribution in [0.5, 0.6) is 5.75 Å². The van der Waals surface area contributed by atoms with Gasteiger partial charge in [0.25, 0.3) is 0 Å². The highest BCUT2D eigenvalue weighted by Crippen LogP contribution is 2.29. The number of hydrogen-bond acceptors (Lipinski definition) is 6. The number of carbonyl (C=O) groups is 1. The summed E-state index contributed by atoms with van der Waals surface area (Å²) in [5, 5.41) is 7.30. The number of nitrogens with one attached hydrogen (secondary N) is 1. The second-order valence-corrected chi connectivity index (χ2v) is 4.96. The van der Waals surface area contributed by atoms with Crippen LogP contribution in [-0.2, 0) is 4.79 Å². The van der Waals surface area contributed by atoms with E-state index in [1.165, 1.54) is 13.3 Å². The number of rotatable bonds is 3. The quantitative estimate of drug-likeness (QED) is 0.748. The minimum Gasteiger partial charge on any atom is -0.425 e. The lowest BCUT2D eigenvalue weighted by Gasteiger charge is -2.07. The summed E-state index contributed by atoms with van der Waals surface area (Å²) < 4.78 is 6.80. The molecule has 0 fully saturated rings. The molecule has 22 heavy (non-hydrogen) atoms. The monoisotopic (exact) mass is 297 g/mol. The summed E-state index contributed by atoms with van der Waals surface area (Å²) in [5.74, 6) is 1.37. The maximum atomic E-state index is 11.2. The smallest absolute Gasteiger partial charge is 0.308 e. The van der Waals surface area contributed by atoms with Crippen LogP contribution in [0.15, 0.2) is 30.9 Å². The Bertz CT molecular complexity index is 839. The molecule has 7 heteroatoms. The summed E-state index contributed by atoms with van der Waals surface area (Å²) in [6.07, 6.45) is 4.86. The minimum atomic E-state index is -0.373. The lowest BCUT2D eigenvalue weighted by molar-refractivity contribution is -0.131. The summed E-state index contributed by atoms with van der Waals surface area (Å²) in [5.41, 5.74) is 2.60. The van der Waals surface area contributed by atoms with Crippen molar-refractivity contribution >= 4 is 23.1 Å². The summed E-state index contributed by atoms with van der Waals surface area (Å²) >= 11 is 0. The molecule has 0 unspecified atom stereocenters. The van der Waals surface area contributed by atoms with Gasteiger partial charge >= 0.3 is 5.97 Å². The Labute approximate surface area is 127 Å². The van der Waals surface area contributed by atoms with Crippen LogP contribution in [0, 0.1) is 13.8 Å². The Balaban J connectivity index is 2.04. The molecule has 1 N–H and O–H groups in total. The van der Waals surface area contributed by atoms with E-state index in [0.717, 1.165) is 16.6 Å². The molecule has 0 bridgehead atoms. The van der Waals surface area contributed by atoms with E-state index in [9.17, 15) is 4.79 Å². The molecule has 0 saturated carbocycles. The first-order valence-corrected chi connectivity index (χ1v) is 6.75. The molecule has 0 saturated heterocycles. The minimum absolute atomic E-state index is 0.373. The number of pyridine rings is 1. The number of aryl methyl sites for hydroxylation is 2. The fourth-order valence-corrected chi connectivity index (χ4v) is 2.15. The number of hydrogen-bond donors (Lipinski definition) is 1. The van der Waals surface area contributed by atoms with E-state index in [0.29, 0.717) is 17.4 Å². The fraction of sp³-hybridized carbons (Fsp3) is 0.200. The molecular formula is C15H15N5O2. The molecule has 3 aromatic rings. The summed E-state index contributed by atoms with van der Waals surface area (Å²) in [6, 6.07) is 3.84. The number of carbonyl (C=O) groups excluding carboxylic acids is 1. The molecule has 112 valence electrons. The first-order valence-electron chi connectivity index (χ1n) is 6.75. The molecule has 0 aliphatic rings. The largest absolute Gasteiger partial charge is 0.425 e. The number of ether oxygens (including phenoxy) is 1. The van der Waals surface area contributed by atoms with Gasteiger partial charge in [-0.2, -0.15) is 5.10 Å². The van der Waals surface area contributed by atoms with E-state index in [-0.39, 0.29) is 5.97 Å². The van der Waals surface area contributed by atoms with Crippen molar-refractivity contribution in [1.82, 2.24) is 19.6 Å². The predicted molar refractivity (Wildman–Crippen MR) is 81.3 cm³/mol. The summed E-state index contributed by atoms with van der Waals surface area (Å²) in [4.78, 5) is 19.7. The molecule has 0 amide bonds. The molecule has 3 heterocycles. The number of nitrogens with zero attached hydrogens (tertiary/aromatic N) is 4. The van der Waals surface area contributed by atoms with E-state index in [1.54, 1.807) is 16.9 Å². The number of fused-ring (bicyclic) bond motifs is 1. The molecule has 0 radical (unpaired) electrons. The third-order valence-electron chi connectivity index (χ3n) is 3.19. The molecular weight excluding hydrogens is 282 g/mol. The average molecular weight is 297 g/mol. The van der Waals surface area contributed by atoms with Crippen LogP contribution in [0.4, 0.5) is 11.6 Å². The number of esters is 1. The van der Waals surface area contributed by atoms with Gasteiger partial charge in [0, 0.05) is 18.7 Å².